The minimum absolute atomic E-state index is 0. The molecule has 0 N–H and O–H groups in total. The molecule has 4 aromatic heterocycles. The van der Waals surface area contributed by atoms with E-state index in [1.165, 1.54) is 0 Å². The number of benzene rings is 10. The summed E-state index contributed by atoms with van der Waals surface area (Å²) in [7, 11) is 0. The molecule has 0 fully saturated rings. The molecule has 0 unspecified atom stereocenters. The van der Waals surface area contributed by atoms with Crippen molar-refractivity contribution in [2.45, 2.75) is 26.2 Å². The average Bonchev–Trinajstić information content (AvgIpc) is 2.07. The van der Waals surface area contributed by atoms with Gasteiger partial charge in [-0.05, 0) is 109 Å². The second-order valence-corrected chi connectivity index (χ2v) is 20.4. The van der Waals surface area contributed by atoms with Crippen molar-refractivity contribution in [3.05, 3.63) is 255 Å². The zero-order chi connectivity index (χ0) is 55.0. The van der Waals surface area contributed by atoms with Gasteiger partial charge in [0, 0.05) is 55.1 Å². The largest absolute Gasteiger partial charge is 0.510 e. The molecule has 0 amide bonds. The second-order valence-electron chi connectivity index (χ2n) is 20.4. The molecule has 0 saturated carbocycles. The molecule has 77 heavy (non-hydrogen) atoms. The molecule has 0 saturated heterocycles. The van der Waals surface area contributed by atoms with Crippen LogP contribution in [0.5, 0.6) is 11.5 Å². The van der Waals surface area contributed by atoms with E-state index in [1.807, 2.05) is 71.4 Å². The first-order valence-electron chi connectivity index (χ1n) is 28.0. The number of pyridine rings is 1. The molecule has 0 radical (unpaired) electrons. The summed E-state index contributed by atoms with van der Waals surface area (Å²) in [6, 6.07) is 71.8. The molecule has 15 rings (SSSR count). The summed E-state index contributed by atoms with van der Waals surface area (Å²) in [5.74, 6) is 1.69. The molecule has 10 aromatic carbocycles. The smallest absolute Gasteiger partial charge is 0.268 e. The summed E-state index contributed by atoms with van der Waals surface area (Å²) in [6.45, 7) is 6.60. The maximum Gasteiger partial charge on any atom is 0.268 e. The van der Waals surface area contributed by atoms with E-state index in [2.05, 4.69) is 186 Å². The summed E-state index contributed by atoms with van der Waals surface area (Å²) in [5, 5.41) is 4.33. The van der Waals surface area contributed by atoms with Crippen LogP contribution in [0.4, 0.5) is 0 Å². The van der Waals surface area contributed by atoms with Gasteiger partial charge in [-0.25, -0.2) is 4.98 Å². The number of fused-ring (bicyclic) bond motifs is 13. The summed E-state index contributed by atoms with van der Waals surface area (Å²) in [5.41, 5.74) is 14.9. The minimum Gasteiger partial charge on any atom is -0.510 e. The van der Waals surface area contributed by atoms with Crippen LogP contribution in [0.15, 0.2) is 231 Å². The average molecular weight is 1170 g/mol. The Morgan fingerprint density at radius 1 is 0.506 bits per heavy atom. The van der Waals surface area contributed by atoms with Crippen molar-refractivity contribution in [1.82, 2.24) is 18.7 Å². The van der Waals surface area contributed by atoms with Crippen LogP contribution in [0.25, 0.3) is 122 Å². The number of ether oxygens (including phenoxy) is 1. The van der Waals surface area contributed by atoms with Gasteiger partial charge in [0.1, 0.15) is 5.82 Å². The fourth-order valence-corrected chi connectivity index (χ4v) is 11.5. The number of imidazole rings is 1. The second kappa shape index (κ2) is 18.0. The molecule has 1 aliphatic heterocycles. The molecular formula is C70H47N5OPt-2. The molecule has 0 spiro atoms. The predicted molar refractivity (Wildman–Crippen MR) is 308 cm³/mol. The zero-order valence-electron chi connectivity index (χ0n) is 47.0. The monoisotopic (exact) mass is 1170 g/mol. The van der Waals surface area contributed by atoms with E-state index in [1.54, 1.807) is 0 Å². The number of hydrogen-bond donors (Lipinski definition) is 0. The summed E-state index contributed by atoms with van der Waals surface area (Å²) >= 11 is 0. The van der Waals surface area contributed by atoms with E-state index >= 15 is 0 Å². The topological polar surface area (TPSA) is 40.8 Å². The number of rotatable bonds is 6. The predicted octanol–water partition coefficient (Wildman–Crippen LogP) is 17.0. The van der Waals surface area contributed by atoms with Crippen molar-refractivity contribution in [1.29, 1.82) is 0 Å². The van der Waals surface area contributed by atoms with Gasteiger partial charge in [0.2, 0.25) is 0 Å². The van der Waals surface area contributed by atoms with Crippen molar-refractivity contribution in [2.24, 2.45) is 0 Å². The Morgan fingerprint density at radius 3 is 1.78 bits per heavy atom. The van der Waals surface area contributed by atoms with Crippen LogP contribution in [0.2, 0.25) is 0 Å². The Labute approximate surface area is 467 Å². The molecule has 5 heterocycles. The van der Waals surface area contributed by atoms with Crippen molar-refractivity contribution in [3.63, 3.8) is 0 Å². The summed E-state index contributed by atoms with van der Waals surface area (Å²) in [6.07, 6.45) is 5.76. The third-order valence-corrected chi connectivity index (χ3v) is 14.9. The number of hydrogen-bond acceptors (Lipinski definition) is 2. The Hall–Kier alpha value is -9.09. The Morgan fingerprint density at radius 2 is 1.09 bits per heavy atom. The number of aromatic nitrogens is 5. The van der Waals surface area contributed by atoms with E-state index < -0.39 is 18.1 Å². The van der Waals surface area contributed by atoms with Crippen LogP contribution in [0.3, 0.4) is 0 Å². The first-order valence-corrected chi connectivity index (χ1v) is 25.5. The van der Waals surface area contributed by atoms with Gasteiger partial charge in [-0.15, -0.1) is 29.7 Å². The number of nitrogens with zero attached hydrogens (tertiary/aromatic N) is 5. The van der Waals surface area contributed by atoms with Gasteiger partial charge in [-0.1, -0.05) is 178 Å². The maximum absolute atomic E-state index is 9.32. The third-order valence-electron chi connectivity index (χ3n) is 14.9. The molecule has 7 heteroatoms. The summed E-state index contributed by atoms with van der Waals surface area (Å²) in [4.78, 5) is 4.89. The fourth-order valence-electron chi connectivity index (χ4n) is 11.5. The van der Waals surface area contributed by atoms with Gasteiger partial charge in [0.25, 0.3) is 6.33 Å². The van der Waals surface area contributed by atoms with Crippen molar-refractivity contribution < 1.29 is 37.2 Å². The van der Waals surface area contributed by atoms with Crippen molar-refractivity contribution in [2.75, 3.05) is 0 Å². The molecule has 0 aliphatic carbocycles. The Kier molecular flexibility index (Phi) is 9.65. The summed E-state index contributed by atoms with van der Waals surface area (Å²) < 4.78 is 60.3. The van der Waals surface area contributed by atoms with Crippen molar-refractivity contribution >= 4 is 54.6 Å². The van der Waals surface area contributed by atoms with E-state index in [0.717, 1.165) is 105 Å². The van der Waals surface area contributed by atoms with Gasteiger partial charge >= 0.3 is 0 Å². The van der Waals surface area contributed by atoms with Crippen LogP contribution in [0.1, 0.15) is 33.2 Å². The standard InChI is InChI=1S/C70H47N5O.Pt/c1-70(2,3)47-37-38-71-67(41-47)75-63-33-16-13-29-57(63)58-36-35-50(43-65(58)75)76-49-22-17-21-48(42-49)72-44-73-68-59(30-18-34-64(68)74-61-31-14-11-27-55(61)56-28-12-15-32-62(56)74)53-25-9-7-23-51(53)52-24-8-10-26-54(52)60-39-46(40-66(72)69(60)73)45-19-5-4-6-20-45;/h4-41H,1-3H3;/q-2;/i4D,5D,6D,19D,20D;. The van der Waals surface area contributed by atoms with E-state index in [4.69, 9.17) is 13.8 Å². The van der Waals surface area contributed by atoms with E-state index in [-0.39, 0.29) is 44.1 Å². The first kappa shape index (κ1) is 41.2. The van der Waals surface area contributed by atoms with E-state index in [9.17, 15) is 2.74 Å². The third kappa shape index (κ3) is 7.42. The van der Waals surface area contributed by atoms with E-state index in [0.29, 0.717) is 28.3 Å². The molecule has 1 aliphatic rings. The first-order chi connectivity index (χ1) is 39.4. The Balaban J connectivity index is 0.00000602. The fraction of sp³-hybridized carbons (Fsp3) is 0.0571. The molecule has 6 nitrogen and oxygen atoms in total. The van der Waals surface area contributed by atoms with Crippen LogP contribution >= 0.6 is 0 Å². The Bertz CT molecular complexity index is 4910. The van der Waals surface area contributed by atoms with Gasteiger partial charge in [0.05, 0.1) is 40.3 Å². The molecule has 0 bridgehead atoms. The van der Waals surface area contributed by atoms with Crippen LogP contribution in [0, 0.1) is 18.5 Å². The van der Waals surface area contributed by atoms with Gasteiger partial charge in [-0.2, -0.15) is 18.2 Å². The van der Waals surface area contributed by atoms with Gasteiger partial charge < -0.3 is 18.4 Å². The van der Waals surface area contributed by atoms with Crippen LogP contribution in [-0.2, 0) is 26.5 Å². The quantitative estimate of drug-likeness (QED) is 0.123. The zero-order valence-corrected chi connectivity index (χ0v) is 44.3. The number of para-hydroxylation sites is 4. The molecular weight excluding hydrogens is 1120 g/mol. The van der Waals surface area contributed by atoms with Crippen LogP contribution in [-0.4, -0.2) is 18.7 Å². The minimum atomic E-state index is -0.456. The van der Waals surface area contributed by atoms with Crippen molar-refractivity contribution in [3.8, 4) is 78.9 Å². The van der Waals surface area contributed by atoms with Gasteiger partial charge in [0.15, 0.2) is 0 Å². The maximum atomic E-state index is 9.32. The molecule has 370 valence electrons. The molecule has 0 atom stereocenters. The molecule has 14 aromatic rings. The normalized spacial score (nSPS) is 12.9. The van der Waals surface area contributed by atoms with Gasteiger partial charge in [-0.3, -0.25) is 4.57 Å². The SMILES string of the molecule is [2H]c1c([2H])c([2H])c(-c2cc3c4c(c2)n(-c2[c-]c(Oc5[c-]c6c(cc5)c5ccccc5n6-c5cc(C(C)(C)C)ccn5)ccc2)[c-][n+]4-c2c(cccc2-n2c4ccccc4c4ccccc42)-c2ccccc2-c2ccccc2-3)c([2H])c1[2H].[Pt]. The van der Waals surface area contributed by atoms with Crippen LogP contribution < -0.4 is 9.30 Å².